The summed E-state index contributed by atoms with van der Waals surface area (Å²) in [5, 5.41) is 6.73. The average molecular weight is 273 g/mol. The van der Waals surface area contributed by atoms with Gasteiger partial charge < -0.3 is 10.6 Å². The minimum absolute atomic E-state index is 0.225. The van der Waals surface area contributed by atoms with Crippen molar-refractivity contribution in [3.8, 4) is 0 Å². The van der Waals surface area contributed by atoms with E-state index in [1.807, 2.05) is 19.2 Å². The van der Waals surface area contributed by atoms with Crippen LogP contribution >= 0.6 is 28.1 Å². The van der Waals surface area contributed by atoms with E-state index in [1.54, 1.807) is 0 Å². The van der Waals surface area contributed by atoms with E-state index in [2.05, 4.69) is 45.6 Å². The van der Waals surface area contributed by atoms with Gasteiger partial charge in [0.1, 0.15) is 0 Å². The van der Waals surface area contributed by atoms with Gasteiger partial charge in [-0.25, -0.2) is 0 Å². The average Bonchev–Trinajstić information content (AvgIpc) is 2.18. The Labute approximate surface area is 98.2 Å². The van der Waals surface area contributed by atoms with E-state index in [9.17, 15) is 0 Å². The summed E-state index contributed by atoms with van der Waals surface area (Å²) in [5.74, 6) is 0. The summed E-state index contributed by atoms with van der Waals surface area (Å²) >= 11 is 8.43. The first-order valence-electron chi connectivity index (χ1n) is 4.37. The number of thiocarbonyl (C=S) groups is 1. The van der Waals surface area contributed by atoms with E-state index in [0.717, 1.165) is 4.47 Å². The van der Waals surface area contributed by atoms with Gasteiger partial charge in [0.05, 0.1) is 6.04 Å². The minimum Gasteiger partial charge on any atom is -0.366 e. The van der Waals surface area contributed by atoms with Crippen LogP contribution < -0.4 is 10.6 Å². The second kappa shape index (κ2) is 5.32. The monoisotopic (exact) mass is 272 g/mol. The second-order valence-corrected chi connectivity index (χ2v) is 4.32. The molecule has 76 valence electrons. The van der Waals surface area contributed by atoms with E-state index in [0.29, 0.717) is 5.11 Å². The Hall–Kier alpha value is -0.610. The van der Waals surface area contributed by atoms with E-state index in [-0.39, 0.29) is 6.04 Å². The van der Waals surface area contributed by atoms with Crippen LogP contribution in [0.3, 0.4) is 0 Å². The molecule has 1 aromatic carbocycles. The number of nitrogens with one attached hydrogen (secondary N) is 2. The lowest BCUT2D eigenvalue weighted by Gasteiger charge is -2.15. The molecule has 0 aromatic heterocycles. The predicted octanol–water partition coefficient (Wildman–Crippen LogP) is 2.60. The summed E-state index contributed by atoms with van der Waals surface area (Å²) in [5.41, 5.74) is 1.21. The molecule has 0 radical (unpaired) electrons. The number of halogens is 1. The Morgan fingerprint density at radius 3 is 2.43 bits per heavy atom. The van der Waals surface area contributed by atoms with Gasteiger partial charge in [0, 0.05) is 11.5 Å². The Kier molecular flexibility index (Phi) is 4.35. The van der Waals surface area contributed by atoms with E-state index in [1.165, 1.54) is 5.56 Å². The first-order chi connectivity index (χ1) is 6.63. The Bertz CT molecular complexity index is 310. The van der Waals surface area contributed by atoms with Crippen LogP contribution in [0.15, 0.2) is 28.7 Å². The molecule has 0 aliphatic heterocycles. The molecule has 0 saturated carbocycles. The summed E-state index contributed by atoms with van der Waals surface area (Å²) < 4.78 is 1.09. The summed E-state index contributed by atoms with van der Waals surface area (Å²) in [6.07, 6.45) is 0. The van der Waals surface area contributed by atoms with Crippen LogP contribution in [0.5, 0.6) is 0 Å². The normalized spacial score (nSPS) is 11.9. The van der Waals surface area contributed by atoms with E-state index >= 15 is 0 Å². The number of rotatable bonds is 2. The van der Waals surface area contributed by atoms with Gasteiger partial charge in [0.2, 0.25) is 0 Å². The van der Waals surface area contributed by atoms with Crippen LogP contribution in [-0.4, -0.2) is 12.2 Å². The Morgan fingerprint density at radius 1 is 1.36 bits per heavy atom. The molecule has 2 N–H and O–H groups in total. The molecule has 0 unspecified atom stereocenters. The van der Waals surface area contributed by atoms with Crippen molar-refractivity contribution in [1.29, 1.82) is 0 Å². The largest absolute Gasteiger partial charge is 0.366 e. The second-order valence-electron chi connectivity index (χ2n) is 3.00. The highest BCUT2D eigenvalue weighted by atomic mass is 79.9. The zero-order valence-electron chi connectivity index (χ0n) is 8.17. The third kappa shape index (κ3) is 3.27. The maximum atomic E-state index is 5.03. The van der Waals surface area contributed by atoms with Crippen molar-refractivity contribution in [2.75, 3.05) is 7.05 Å². The van der Waals surface area contributed by atoms with Gasteiger partial charge in [-0.1, -0.05) is 28.1 Å². The Morgan fingerprint density at radius 2 is 1.93 bits per heavy atom. The summed E-state index contributed by atoms with van der Waals surface area (Å²) in [4.78, 5) is 0. The molecule has 0 bridgehead atoms. The van der Waals surface area contributed by atoms with E-state index < -0.39 is 0 Å². The van der Waals surface area contributed by atoms with Crippen LogP contribution in [0.2, 0.25) is 0 Å². The number of hydrogen-bond acceptors (Lipinski definition) is 1. The van der Waals surface area contributed by atoms with Crippen molar-refractivity contribution in [1.82, 2.24) is 10.6 Å². The van der Waals surface area contributed by atoms with Crippen LogP contribution in [0.4, 0.5) is 0 Å². The van der Waals surface area contributed by atoms with Crippen LogP contribution in [0, 0.1) is 0 Å². The quantitative estimate of drug-likeness (QED) is 0.810. The van der Waals surface area contributed by atoms with Crippen LogP contribution in [0.1, 0.15) is 18.5 Å². The minimum atomic E-state index is 0.225. The summed E-state index contributed by atoms with van der Waals surface area (Å²) in [6.45, 7) is 2.08. The molecule has 1 aromatic rings. The smallest absolute Gasteiger partial charge is 0.166 e. The highest BCUT2D eigenvalue weighted by Crippen LogP contribution is 2.16. The molecule has 1 atom stereocenters. The fraction of sp³-hybridized carbons (Fsp3) is 0.300. The maximum absolute atomic E-state index is 5.03. The first-order valence-corrected chi connectivity index (χ1v) is 5.57. The number of benzene rings is 1. The van der Waals surface area contributed by atoms with Gasteiger partial charge in [-0.3, -0.25) is 0 Å². The molecule has 0 spiro atoms. The van der Waals surface area contributed by atoms with Gasteiger partial charge in [-0.15, -0.1) is 0 Å². The lowest BCUT2D eigenvalue weighted by atomic mass is 10.1. The third-order valence-corrected chi connectivity index (χ3v) is 2.80. The fourth-order valence-corrected chi connectivity index (χ4v) is 1.54. The van der Waals surface area contributed by atoms with Crippen molar-refractivity contribution in [2.45, 2.75) is 13.0 Å². The van der Waals surface area contributed by atoms with Crippen molar-refractivity contribution >= 4 is 33.3 Å². The molecule has 0 saturated heterocycles. The molecule has 14 heavy (non-hydrogen) atoms. The topological polar surface area (TPSA) is 24.1 Å². The van der Waals surface area contributed by atoms with Crippen molar-refractivity contribution in [3.05, 3.63) is 34.3 Å². The van der Waals surface area contributed by atoms with Gasteiger partial charge in [-0.2, -0.15) is 0 Å². The van der Waals surface area contributed by atoms with Gasteiger partial charge >= 0.3 is 0 Å². The highest BCUT2D eigenvalue weighted by Gasteiger charge is 2.04. The lowest BCUT2D eigenvalue weighted by molar-refractivity contribution is 0.709. The zero-order chi connectivity index (χ0) is 10.6. The lowest BCUT2D eigenvalue weighted by Crippen LogP contribution is -2.34. The molecule has 0 heterocycles. The predicted molar refractivity (Wildman–Crippen MR) is 67.4 cm³/mol. The molecule has 0 amide bonds. The molecule has 4 heteroatoms. The highest BCUT2D eigenvalue weighted by molar-refractivity contribution is 9.10. The zero-order valence-corrected chi connectivity index (χ0v) is 10.6. The van der Waals surface area contributed by atoms with Crippen molar-refractivity contribution in [2.24, 2.45) is 0 Å². The van der Waals surface area contributed by atoms with Crippen molar-refractivity contribution in [3.63, 3.8) is 0 Å². The molecule has 0 aliphatic carbocycles. The molecule has 1 rings (SSSR count). The molecule has 2 nitrogen and oxygen atoms in total. The molecular formula is C10H13BrN2S. The first kappa shape index (κ1) is 11.5. The molecule has 0 fully saturated rings. The maximum Gasteiger partial charge on any atom is 0.166 e. The van der Waals surface area contributed by atoms with Crippen molar-refractivity contribution < 1.29 is 0 Å². The van der Waals surface area contributed by atoms with Crippen LogP contribution in [0.25, 0.3) is 0 Å². The Balaban J connectivity index is 2.65. The van der Waals surface area contributed by atoms with Crippen LogP contribution in [-0.2, 0) is 0 Å². The summed E-state index contributed by atoms with van der Waals surface area (Å²) in [6, 6.07) is 8.41. The fourth-order valence-electron chi connectivity index (χ4n) is 1.10. The van der Waals surface area contributed by atoms with Gasteiger partial charge in [-0.05, 0) is 36.8 Å². The third-order valence-electron chi connectivity index (χ3n) is 1.94. The molecule has 0 aliphatic rings. The molecular weight excluding hydrogens is 260 g/mol. The van der Waals surface area contributed by atoms with Gasteiger partial charge in [0.25, 0.3) is 0 Å². The van der Waals surface area contributed by atoms with E-state index in [4.69, 9.17) is 12.2 Å². The summed E-state index contributed by atoms with van der Waals surface area (Å²) in [7, 11) is 1.81. The van der Waals surface area contributed by atoms with Gasteiger partial charge in [0.15, 0.2) is 5.11 Å². The standard InChI is InChI=1S/C10H13BrN2S/c1-7(13-10(14)12-2)8-3-5-9(11)6-4-8/h3-7H,1-2H3,(H2,12,13,14)/t7-/m0/s1. The SMILES string of the molecule is CNC(=S)N[C@@H](C)c1ccc(Br)cc1. The number of hydrogen-bond donors (Lipinski definition) is 2.